The molecule has 35 heavy (non-hydrogen) atoms. The number of benzene rings is 2. The summed E-state index contributed by atoms with van der Waals surface area (Å²) in [6.07, 6.45) is -6.11. The van der Waals surface area contributed by atoms with Crippen LogP contribution in [0.1, 0.15) is 37.8 Å². The van der Waals surface area contributed by atoms with Gasteiger partial charge in [0.15, 0.2) is 5.92 Å². The van der Waals surface area contributed by atoms with Gasteiger partial charge in [0.25, 0.3) is 0 Å². The van der Waals surface area contributed by atoms with Gasteiger partial charge in [-0.2, -0.15) is 13.2 Å². The summed E-state index contributed by atoms with van der Waals surface area (Å²) in [5.41, 5.74) is 2.03. The molecule has 1 atom stereocenters. The second-order valence-corrected chi connectivity index (χ2v) is 8.75. The van der Waals surface area contributed by atoms with Crippen LogP contribution in [0.4, 0.5) is 18.0 Å². The number of carboxylic acid groups (broad SMARTS) is 1. The second kappa shape index (κ2) is 9.97. The Bertz CT molecular complexity index is 1070. The summed E-state index contributed by atoms with van der Waals surface area (Å²) < 4.78 is 46.3. The molecule has 2 aromatic carbocycles. The zero-order chi connectivity index (χ0) is 26.0. The number of carbonyl (C=O) groups is 3. The number of hydrogen-bond acceptors (Lipinski definition) is 4. The molecule has 0 bridgehead atoms. The van der Waals surface area contributed by atoms with Gasteiger partial charge in [0.05, 0.1) is 0 Å². The highest BCUT2D eigenvalue weighted by Gasteiger charge is 2.50. The van der Waals surface area contributed by atoms with Gasteiger partial charge >= 0.3 is 18.2 Å². The molecular formula is C25H27F3N2O5. The Kier molecular flexibility index (Phi) is 7.42. The van der Waals surface area contributed by atoms with Crippen molar-refractivity contribution in [1.82, 2.24) is 10.2 Å². The molecular weight excluding hydrogens is 465 g/mol. The Balaban J connectivity index is 1.68. The van der Waals surface area contributed by atoms with E-state index in [4.69, 9.17) is 4.74 Å². The molecule has 0 aromatic heterocycles. The molecule has 0 saturated heterocycles. The topological polar surface area (TPSA) is 95.9 Å². The van der Waals surface area contributed by atoms with Crippen molar-refractivity contribution in [2.45, 2.75) is 38.4 Å². The molecule has 0 aliphatic heterocycles. The van der Waals surface area contributed by atoms with E-state index in [1.165, 1.54) is 6.92 Å². The molecule has 1 aliphatic rings. The fourth-order valence-corrected chi connectivity index (χ4v) is 4.31. The first-order chi connectivity index (χ1) is 16.4. The number of nitrogens with one attached hydrogen (secondary N) is 1. The van der Waals surface area contributed by atoms with Gasteiger partial charge in [-0.1, -0.05) is 48.5 Å². The van der Waals surface area contributed by atoms with Crippen LogP contribution in [-0.4, -0.2) is 59.4 Å². The fraction of sp³-hybridized carbons (Fsp3) is 0.400. The first-order valence-corrected chi connectivity index (χ1v) is 11.1. The summed E-state index contributed by atoms with van der Waals surface area (Å²) in [6, 6.07) is 15.2. The molecule has 188 valence electrons. The fourth-order valence-electron chi connectivity index (χ4n) is 4.31. The summed E-state index contributed by atoms with van der Waals surface area (Å²) in [4.78, 5) is 37.1. The maximum atomic E-state index is 13.7. The third kappa shape index (κ3) is 5.26. The van der Waals surface area contributed by atoms with Crippen molar-refractivity contribution in [3.63, 3.8) is 0 Å². The lowest BCUT2D eigenvalue weighted by molar-refractivity contribution is -0.193. The van der Waals surface area contributed by atoms with E-state index >= 15 is 0 Å². The number of ether oxygens (including phenoxy) is 1. The number of amides is 2. The minimum atomic E-state index is -5.00. The van der Waals surface area contributed by atoms with Gasteiger partial charge in [0, 0.05) is 19.0 Å². The van der Waals surface area contributed by atoms with Crippen LogP contribution in [-0.2, 0) is 14.3 Å². The number of carbonyl (C=O) groups excluding carboxylic acids is 2. The summed E-state index contributed by atoms with van der Waals surface area (Å²) in [6.45, 7) is 2.24. The molecule has 0 radical (unpaired) electrons. The van der Waals surface area contributed by atoms with E-state index in [1.807, 2.05) is 53.8 Å². The third-order valence-electron chi connectivity index (χ3n) is 6.27. The molecule has 0 saturated carbocycles. The molecule has 7 nitrogen and oxygen atoms in total. The predicted molar refractivity (Wildman–Crippen MR) is 122 cm³/mol. The minimum Gasteiger partial charge on any atom is -0.480 e. The lowest BCUT2D eigenvalue weighted by Gasteiger charge is -2.37. The Morgan fingerprint density at radius 3 is 2.00 bits per heavy atom. The molecule has 0 spiro atoms. The van der Waals surface area contributed by atoms with Crippen molar-refractivity contribution >= 4 is 18.0 Å². The summed E-state index contributed by atoms with van der Waals surface area (Å²) in [5, 5.41) is 11.4. The van der Waals surface area contributed by atoms with E-state index < -0.39 is 42.1 Å². The molecule has 0 heterocycles. The van der Waals surface area contributed by atoms with Crippen LogP contribution < -0.4 is 5.32 Å². The molecule has 2 N–H and O–H groups in total. The van der Waals surface area contributed by atoms with Crippen LogP contribution in [0.15, 0.2) is 48.5 Å². The van der Waals surface area contributed by atoms with E-state index in [2.05, 4.69) is 0 Å². The molecule has 0 fully saturated rings. The highest BCUT2D eigenvalue weighted by Crippen LogP contribution is 2.44. The minimum absolute atomic E-state index is 0.0996. The number of alkyl halides is 3. The summed E-state index contributed by atoms with van der Waals surface area (Å²) in [5.74, 6) is -5.79. The van der Waals surface area contributed by atoms with Gasteiger partial charge in [0.2, 0.25) is 5.91 Å². The van der Waals surface area contributed by atoms with Crippen LogP contribution >= 0.6 is 0 Å². The molecule has 10 heteroatoms. The van der Waals surface area contributed by atoms with Gasteiger partial charge in [-0.25, -0.2) is 9.59 Å². The first-order valence-electron chi connectivity index (χ1n) is 11.1. The number of nitrogens with zero attached hydrogens (tertiary/aromatic N) is 1. The van der Waals surface area contributed by atoms with E-state index in [1.54, 1.807) is 0 Å². The number of carboxylic acids is 1. The van der Waals surface area contributed by atoms with E-state index in [0.717, 1.165) is 36.1 Å². The largest absolute Gasteiger partial charge is 0.480 e. The lowest BCUT2D eigenvalue weighted by Crippen LogP contribution is -2.57. The standard InChI is InChI=1S/C25H27F3N2O5/c1-4-30(24(2,3)22(32)33)21(31)20(25(26,27)28)13-29-23(34)35-14-19-17-11-7-5-9-15(17)16-10-6-8-12-18(16)19/h5-12,19-20H,4,13-14H2,1-3H3,(H,29,34)(H,32,33). The van der Waals surface area contributed by atoms with Crippen LogP contribution in [0.5, 0.6) is 0 Å². The number of rotatable bonds is 8. The maximum Gasteiger partial charge on any atom is 0.407 e. The van der Waals surface area contributed by atoms with Gasteiger partial charge < -0.3 is 20.1 Å². The monoisotopic (exact) mass is 492 g/mol. The highest BCUT2D eigenvalue weighted by molar-refractivity contribution is 5.88. The van der Waals surface area contributed by atoms with E-state index in [0.29, 0.717) is 4.90 Å². The second-order valence-electron chi connectivity index (χ2n) is 8.75. The zero-order valence-electron chi connectivity index (χ0n) is 19.6. The third-order valence-corrected chi connectivity index (χ3v) is 6.27. The average Bonchev–Trinajstić information content (AvgIpc) is 3.11. The van der Waals surface area contributed by atoms with Gasteiger partial charge in [-0.3, -0.25) is 4.79 Å². The van der Waals surface area contributed by atoms with Crippen molar-refractivity contribution in [1.29, 1.82) is 0 Å². The SMILES string of the molecule is CCN(C(=O)C(CNC(=O)OCC1c2ccccc2-c2ccccc21)C(F)(F)F)C(C)(C)C(=O)O. The smallest absolute Gasteiger partial charge is 0.407 e. The molecule has 2 aromatic rings. The quantitative estimate of drug-likeness (QED) is 0.569. The Morgan fingerprint density at radius 1 is 1.03 bits per heavy atom. The van der Waals surface area contributed by atoms with Crippen molar-refractivity contribution in [3.05, 3.63) is 59.7 Å². The number of hydrogen-bond donors (Lipinski definition) is 2. The number of aliphatic carboxylic acids is 1. The first kappa shape index (κ1) is 26.1. The Labute approximate surface area is 200 Å². The number of fused-ring (bicyclic) bond motifs is 3. The van der Waals surface area contributed by atoms with Crippen molar-refractivity contribution in [2.24, 2.45) is 5.92 Å². The van der Waals surface area contributed by atoms with Crippen molar-refractivity contribution < 1.29 is 37.4 Å². The predicted octanol–water partition coefficient (Wildman–Crippen LogP) is 4.42. The highest BCUT2D eigenvalue weighted by atomic mass is 19.4. The van der Waals surface area contributed by atoms with Crippen LogP contribution in [0.2, 0.25) is 0 Å². The van der Waals surface area contributed by atoms with Crippen LogP contribution in [0, 0.1) is 5.92 Å². The normalized spacial score (nSPS) is 14.0. The Morgan fingerprint density at radius 2 is 1.54 bits per heavy atom. The number of alkyl carbamates (subject to hydrolysis) is 1. The summed E-state index contributed by atoms with van der Waals surface area (Å²) in [7, 11) is 0. The molecule has 2 amide bonds. The van der Waals surface area contributed by atoms with Gasteiger partial charge in [-0.05, 0) is 43.0 Å². The molecule has 3 rings (SSSR count). The average molecular weight is 492 g/mol. The number of halogens is 3. The van der Waals surface area contributed by atoms with E-state index in [-0.39, 0.29) is 19.1 Å². The van der Waals surface area contributed by atoms with Crippen molar-refractivity contribution in [2.75, 3.05) is 19.7 Å². The number of likely N-dealkylation sites (N-methyl/N-ethyl adjacent to an activating group) is 1. The Hall–Kier alpha value is -3.56. The summed E-state index contributed by atoms with van der Waals surface area (Å²) >= 11 is 0. The van der Waals surface area contributed by atoms with Crippen LogP contribution in [0.3, 0.4) is 0 Å². The molecule has 1 aliphatic carbocycles. The van der Waals surface area contributed by atoms with Crippen molar-refractivity contribution in [3.8, 4) is 11.1 Å². The molecule has 1 unspecified atom stereocenters. The van der Waals surface area contributed by atoms with E-state index in [9.17, 15) is 32.7 Å². The van der Waals surface area contributed by atoms with Gasteiger partial charge in [-0.15, -0.1) is 0 Å². The van der Waals surface area contributed by atoms with Crippen LogP contribution in [0.25, 0.3) is 11.1 Å². The van der Waals surface area contributed by atoms with Gasteiger partial charge in [0.1, 0.15) is 12.1 Å². The maximum absolute atomic E-state index is 13.7. The zero-order valence-corrected chi connectivity index (χ0v) is 19.6. The lowest BCUT2D eigenvalue weighted by atomic mass is 9.98.